The summed E-state index contributed by atoms with van der Waals surface area (Å²) in [5, 5.41) is 15.0. The third kappa shape index (κ3) is 15.9. The number of nitrogens with one attached hydrogen (secondary N) is 2. The molecule has 0 aliphatic carbocycles. The van der Waals surface area contributed by atoms with Crippen LogP contribution in [0.3, 0.4) is 0 Å². The summed E-state index contributed by atoms with van der Waals surface area (Å²) in [6.07, 6.45) is 2.84. The zero-order chi connectivity index (χ0) is 32.7. The molecule has 250 valence electrons. The van der Waals surface area contributed by atoms with Crippen LogP contribution in [0.2, 0.25) is 0 Å². The van der Waals surface area contributed by atoms with Gasteiger partial charge in [0.25, 0.3) is 5.91 Å². The highest BCUT2D eigenvalue weighted by molar-refractivity contribution is 6.02. The number of carbonyl (C=O) groups excluding carboxylic acids is 3. The molecule has 1 aliphatic rings. The fraction of sp³-hybridized carbons (Fsp3) is 0.625. The molecule has 0 radical (unpaired) electrons. The van der Waals surface area contributed by atoms with Crippen molar-refractivity contribution >= 4 is 24.3 Å². The van der Waals surface area contributed by atoms with Crippen LogP contribution in [0.25, 0.3) is 6.08 Å². The first kappa shape index (κ1) is 37.8. The van der Waals surface area contributed by atoms with Gasteiger partial charge in [-0.2, -0.15) is 5.26 Å². The second kappa shape index (κ2) is 23.0. The van der Waals surface area contributed by atoms with Gasteiger partial charge >= 0.3 is 0 Å². The molecule has 0 saturated carbocycles. The number of ether oxygens (including phenoxy) is 5. The van der Waals surface area contributed by atoms with Gasteiger partial charge in [-0.25, -0.2) is 4.39 Å². The van der Waals surface area contributed by atoms with E-state index in [4.69, 9.17) is 23.7 Å². The molecule has 12 nitrogen and oxygen atoms in total. The van der Waals surface area contributed by atoms with Crippen molar-refractivity contribution in [1.82, 2.24) is 15.5 Å². The first-order valence-electron chi connectivity index (χ1n) is 15.4. The van der Waals surface area contributed by atoms with Gasteiger partial charge in [0.2, 0.25) is 12.3 Å². The molecule has 2 N–H and O–H groups in total. The third-order valence-corrected chi connectivity index (χ3v) is 6.88. The van der Waals surface area contributed by atoms with Gasteiger partial charge in [-0.05, 0) is 42.0 Å². The molecule has 45 heavy (non-hydrogen) atoms. The Hall–Kier alpha value is -3.41. The Morgan fingerprint density at radius 2 is 1.44 bits per heavy atom. The maximum absolute atomic E-state index is 13.2. The van der Waals surface area contributed by atoms with Gasteiger partial charge in [0.15, 0.2) is 0 Å². The topological polar surface area (TPSA) is 148 Å². The number of benzene rings is 1. The first-order chi connectivity index (χ1) is 21.8. The average molecular weight is 635 g/mol. The van der Waals surface area contributed by atoms with Crippen LogP contribution in [0.4, 0.5) is 4.39 Å². The van der Waals surface area contributed by atoms with Gasteiger partial charge in [-0.3, -0.25) is 14.4 Å². The van der Waals surface area contributed by atoms with E-state index in [1.54, 1.807) is 4.90 Å². The summed E-state index contributed by atoms with van der Waals surface area (Å²) in [5.74, 6) is -1.06. The zero-order valence-electron chi connectivity index (χ0n) is 26.3. The van der Waals surface area contributed by atoms with Crippen LogP contribution in [0.1, 0.15) is 25.8 Å². The summed E-state index contributed by atoms with van der Waals surface area (Å²) in [6.45, 7) is 9.77. The summed E-state index contributed by atoms with van der Waals surface area (Å²) in [7, 11) is 0. The van der Waals surface area contributed by atoms with Crippen LogP contribution in [0.15, 0.2) is 29.8 Å². The largest absolute Gasteiger partial charge is 0.377 e. The standard InChI is InChI=1S/C32H47FN4O8/c1-25(2)19-28-22-37(32(40)27(21-34)20-26-3-5-29(33)6-4-26)23-30(28)31(39)36-8-10-42-12-14-44-16-18-45-17-15-43-13-11-41-9-7-35-24-38/h3-6,20,24-25,28,30H,7-19,22-23H2,1-2H3,(H,35,38)(H,36,39)/b27-20+/t28-,30-/m1/s1. The molecule has 0 spiro atoms. The van der Waals surface area contributed by atoms with E-state index >= 15 is 0 Å². The average Bonchev–Trinajstić information content (AvgIpc) is 3.44. The molecule has 1 saturated heterocycles. The normalized spacial score (nSPS) is 16.5. The lowest BCUT2D eigenvalue weighted by molar-refractivity contribution is -0.127. The van der Waals surface area contributed by atoms with Gasteiger partial charge in [0.05, 0.1) is 72.0 Å². The number of rotatable bonds is 24. The van der Waals surface area contributed by atoms with E-state index in [2.05, 4.69) is 24.5 Å². The van der Waals surface area contributed by atoms with Crippen molar-refractivity contribution in [3.63, 3.8) is 0 Å². The Morgan fingerprint density at radius 3 is 1.96 bits per heavy atom. The second-order valence-electron chi connectivity index (χ2n) is 10.9. The van der Waals surface area contributed by atoms with Crippen LogP contribution in [-0.2, 0) is 38.1 Å². The van der Waals surface area contributed by atoms with Crippen LogP contribution in [0.5, 0.6) is 0 Å². The number of nitriles is 1. The lowest BCUT2D eigenvalue weighted by Gasteiger charge is -2.19. The quantitative estimate of drug-likeness (QED) is 0.0752. The molecule has 1 fully saturated rings. The second-order valence-corrected chi connectivity index (χ2v) is 10.9. The predicted molar refractivity (Wildman–Crippen MR) is 164 cm³/mol. The molecule has 1 aromatic carbocycles. The van der Waals surface area contributed by atoms with Crippen molar-refractivity contribution < 1.29 is 42.5 Å². The van der Waals surface area contributed by atoms with Gasteiger partial charge in [0.1, 0.15) is 17.5 Å². The van der Waals surface area contributed by atoms with E-state index in [1.165, 1.54) is 30.3 Å². The maximum atomic E-state index is 13.2. The lowest BCUT2D eigenvalue weighted by atomic mass is 9.87. The minimum Gasteiger partial charge on any atom is -0.377 e. The molecule has 3 amide bonds. The van der Waals surface area contributed by atoms with Crippen molar-refractivity contribution in [1.29, 1.82) is 5.26 Å². The Kier molecular flexibility index (Phi) is 19.3. The van der Waals surface area contributed by atoms with Crippen molar-refractivity contribution in [2.75, 3.05) is 92.2 Å². The molecule has 1 heterocycles. The van der Waals surface area contributed by atoms with Crippen LogP contribution < -0.4 is 10.6 Å². The molecule has 0 unspecified atom stereocenters. The van der Waals surface area contributed by atoms with E-state index < -0.39 is 11.7 Å². The SMILES string of the molecule is CC(C)C[C@@H]1CN(C(=O)/C(C#N)=C/c2ccc(F)cc2)C[C@H]1C(=O)NCCOCCOCCOCCOCCOCCNC=O. The fourth-order valence-corrected chi connectivity index (χ4v) is 4.77. The number of halogens is 1. The minimum atomic E-state index is -0.434. The van der Waals surface area contributed by atoms with Gasteiger partial charge in [0, 0.05) is 26.2 Å². The van der Waals surface area contributed by atoms with E-state index in [-0.39, 0.29) is 29.9 Å². The van der Waals surface area contributed by atoms with Gasteiger partial charge < -0.3 is 39.2 Å². The van der Waals surface area contributed by atoms with Gasteiger partial charge in [-0.1, -0.05) is 26.0 Å². The first-order valence-corrected chi connectivity index (χ1v) is 15.4. The van der Waals surface area contributed by atoms with Crippen molar-refractivity contribution in [3.05, 3.63) is 41.2 Å². The number of nitrogens with zero attached hydrogens (tertiary/aromatic N) is 2. The Balaban J connectivity index is 1.59. The number of hydrogen-bond donors (Lipinski definition) is 2. The van der Waals surface area contributed by atoms with Crippen LogP contribution in [-0.4, -0.2) is 115 Å². The summed E-state index contributed by atoms with van der Waals surface area (Å²) in [4.78, 5) is 37.9. The fourth-order valence-electron chi connectivity index (χ4n) is 4.77. The summed E-state index contributed by atoms with van der Waals surface area (Å²) in [5.41, 5.74) is 0.496. The number of amides is 3. The lowest BCUT2D eigenvalue weighted by Crippen LogP contribution is -2.38. The Morgan fingerprint density at radius 1 is 0.911 bits per heavy atom. The Labute approximate surface area is 265 Å². The van der Waals surface area contributed by atoms with Crippen molar-refractivity contribution in [2.24, 2.45) is 17.8 Å². The maximum Gasteiger partial charge on any atom is 0.264 e. The zero-order valence-corrected chi connectivity index (χ0v) is 26.3. The Bertz CT molecular complexity index is 1080. The van der Waals surface area contributed by atoms with Crippen molar-refractivity contribution in [2.45, 2.75) is 20.3 Å². The van der Waals surface area contributed by atoms with Crippen molar-refractivity contribution in [3.8, 4) is 6.07 Å². The molecule has 1 aromatic rings. The molecular formula is C32H47FN4O8. The number of carbonyl (C=O) groups is 3. The molecule has 2 atom stereocenters. The monoisotopic (exact) mass is 634 g/mol. The summed E-state index contributed by atoms with van der Waals surface area (Å²) >= 11 is 0. The highest BCUT2D eigenvalue weighted by atomic mass is 19.1. The highest BCUT2D eigenvalue weighted by Gasteiger charge is 2.40. The third-order valence-electron chi connectivity index (χ3n) is 6.88. The van der Waals surface area contributed by atoms with E-state index in [1.807, 2.05) is 6.07 Å². The highest BCUT2D eigenvalue weighted by Crippen LogP contribution is 2.30. The molecule has 0 aromatic heterocycles. The van der Waals surface area contributed by atoms with Crippen LogP contribution >= 0.6 is 0 Å². The number of hydrogen-bond acceptors (Lipinski definition) is 9. The summed E-state index contributed by atoms with van der Waals surface area (Å²) in [6, 6.07) is 7.50. The van der Waals surface area contributed by atoms with Gasteiger partial charge in [-0.15, -0.1) is 0 Å². The van der Waals surface area contributed by atoms with Crippen LogP contribution in [0, 0.1) is 34.9 Å². The minimum absolute atomic E-state index is 0.0282. The summed E-state index contributed by atoms with van der Waals surface area (Å²) < 4.78 is 40.3. The van der Waals surface area contributed by atoms with E-state index in [0.29, 0.717) is 104 Å². The molecule has 2 rings (SSSR count). The predicted octanol–water partition coefficient (Wildman–Crippen LogP) is 1.80. The van der Waals surface area contributed by atoms with E-state index in [0.717, 1.165) is 6.42 Å². The smallest absolute Gasteiger partial charge is 0.264 e. The molecule has 13 heteroatoms. The molecular weight excluding hydrogens is 587 g/mol. The molecule has 0 bridgehead atoms. The number of likely N-dealkylation sites (tertiary alicyclic amines) is 1. The molecule has 1 aliphatic heterocycles. The van der Waals surface area contributed by atoms with E-state index in [9.17, 15) is 24.0 Å².